The first-order chi connectivity index (χ1) is 6.24. The van der Waals surface area contributed by atoms with Gasteiger partial charge in [0.05, 0.1) is 0 Å². The molecule has 0 aromatic heterocycles. The number of rotatable bonds is 3. The summed E-state index contributed by atoms with van der Waals surface area (Å²) < 4.78 is 0. The minimum atomic E-state index is 0.728. The van der Waals surface area contributed by atoms with Crippen molar-refractivity contribution in [1.29, 1.82) is 0 Å². The number of hydrogen-bond donors (Lipinski definition) is 1. The van der Waals surface area contributed by atoms with E-state index in [9.17, 15) is 0 Å². The van der Waals surface area contributed by atoms with Gasteiger partial charge in [-0.25, -0.2) is 0 Å². The van der Waals surface area contributed by atoms with Crippen molar-refractivity contribution in [3.05, 3.63) is 40.4 Å². The van der Waals surface area contributed by atoms with Crippen molar-refractivity contribution in [3.63, 3.8) is 0 Å². The summed E-state index contributed by atoms with van der Waals surface area (Å²) >= 11 is 11.2. The average molecular weight is 216 g/mol. The molecule has 0 fully saturated rings. The fourth-order valence-electron chi connectivity index (χ4n) is 1.04. The first kappa shape index (κ1) is 10.4. The van der Waals surface area contributed by atoms with Crippen molar-refractivity contribution in [2.75, 3.05) is 11.9 Å². The van der Waals surface area contributed by atoms with E-state index >= 15 is 0 Å². The molecule has 1 aromatic rings. The Hall–Kier alpha value is -0.660. The molecule has 70 valence electrons. The average Bonchev–Trinajstić information content (AvgIpc) is 2.09. The summed E-state index contributed by atoms with van der Waals surface area (Å²) in [5.74, 6) is 0. The minimum Gasteiger partial charge on any atom is -0.381 e. The number of benzene rings is 1. The van der Waals surface area contributed by atoms with E-state index < -0.39 is 0 Å². The topological polar surface area (TPSA) is 12.0 Å². The van der Waals surface area contributed by atoms with E-state index in [2.05, 4.69) is 5.32 Å². The Morgan fingerprint density at radius 1 is 1.46 bits per heavy atom. The van der Waals surface area contributed by atoms with Crippen molar-refractivity contribution in [3.8, 4) is 0 Å². The highest BCUT2D eigenvalue weighted by Crippen LogP contribution is 2.19. The van der Waals surface area contributed by atoms with Gasteiger partial charge in [-0.1, -0.05) is 29.3 Å². The second kappa shape index (κ2) is 5.15. The predicted octanol–water partition coefficient (Wildman–Crippen LogP) is 3.81. The van der Waals surface area contributed by atoms with Crippen molar-refractivity contribution < 1.29 is 0 Å². The lowest BCUT2D eigenvalue weighted by atomic mass is 10.2. The summed E-state index contributed by atoms with van der Waals surface area (Å²) in [6.07, 6.45) is 1.84. The van der Waals surface area contributed by atoms with Crippen LogP contribution in [0.5, 0.6) is 0 Å². The van der Waals surface area contributed by atoms with Gasteiger partial charge < -0.3 is 5.32 Å². The summed E-state index contributed by atoms with van der Waals surface area (Å²) in [5, 5.41) is 3.97. The monoisotopic (exact) mass is 215 g/mol. The number of hydrogen-bond acceptors (Lipinski definition) is 1. The fourth-order valence-corrected chi connectivity index (χ4v) is 1.35. The van der Waals surface area contributed by atoms with E-state index in [1.165, 1.54) is 5.54 Å². The van der Waals surface area contributed by atoms with E-state index in [0.717, 1.165) is 22.8 Å². The summed E-state index contributed by atoms with van der Waals surface area (Å²) in [4.78, 5) is 0. The number of nitrogens with one attached hydrogen (secondary N) is 1. The van der Waals surface area contributed by atoms with Crippen molar-refractivity contribution in [1.82, 2.24) is 0 Å². The second-order valence-corrected chi connectivity index (χ2v) is 3.39. The van der Waals surface area contributed by atoms with Crippen LogP contribution < -0.4 is 5.32 Å². The zero-order chi connectivity index (χ0) is 9.68. The van der Waals surface area contributed by atoms with E-state index in [1.807, 2.05) is 31.2 Å². The Balaban J connectivity index is 2.66. The molecule has 1 N–H and O–H groups in total. The van der Waals surface area contributed by atoms with Gasteiger partial charge in [-0.3, -0.25) is 0 Å². The SMILES string of the molecule is Cc1cc(Cl)ccc1NC/C=C/Cl. The highest BCUT2D eigenvalue weighted by atomic mass is 35.5. The van der Waals surface area contributed by atoms with Gasteiger partial charge in [0.25, 0.3) is 0 Å². The summed E-state index contributed by atoms with van der Waals surface area (Å²) in [5.41, 5.74) is 3.72. The highest BCUT2D eigenvalue weighted by Gasteiger charge is 1.96. The Kier molecular flexibility index (Phi) is 4.13. The van der Waals surface area contributed by atoms with Gasteiger partial charge in [-0.15, -0.1) is 0 Å². The van der Waals surface area contributed by atoms with Crippen LogP contribution in [0.25, 0.3) is 0 Å². The van der Waals surface area contributed by atoms with Crippen LogP contribution in [0.1, 0.15) is 5.56 Å². The molecule has 1 rings (SSSR count). The molecular weight excluding hydrogens is 205 g/mol. The van der Waals surface area contributed by atoms with Crippen LogP contribution in [-0.4, -0.2) is 6.54 Å². The van der Waals surface area contributed by atoms with Gasteiger partial charge in [0.2, 0.25) is 0 Å². The third-order valence-electron chi connectivity index (χ3n) is 1.69. The molecule has 0 saturated heterocycles. The zero-order valence-electron chi connectivity index (χ0n) is 7.35. The lowest BCUT2D eigenvalue weighted by Gasteiger charge is -2.06. The Bertz CT molecular complexity index is 308. The van der Waals surface area contributed by atoms with Gasteiger partial charge in [0.1, 0.15) is 0 Å². The number of anilines is 1. The largest absolute Gasteiger partial charge is 0.381 e. The maximum absolute atomic E-state index is 5.82. The zero-order valence-corrected chi connectivity index (χ0v) is 8.86. The molecule has 0 radical (unpaired) electrons. The van der Waals surface area contributed by atoms with Crippen molar-refractivity contribution >= 4 is 28.9 Å². The Morgan fingerprint density at radius 2 is 2.23 bits per heavy atom. The molecule has 0 bridgehead atoms. The molecule has 1 nitrogen and oxygen atoms in total. The molecule has 0 heterocycles. The van der Waals surface area contributed by atoms with Crippen LogP contribution >= 0.6 is 23.2 Å². The molecule has 0 saturated carbocycles. The first-order valence-electron chi connectivity index (χ1n) is 3.99. The second-order valence-electron chi connectivity index (χ2n) is 2.70. The van der Waals surface area contributed by atoms with Crippen LogP contribution in [0.2, 0.25) is 5.02 Å². The van der Waals surface area contributed by atoms with Crippen molar-refractivity contribution in [2.45, 2.75) is 6.92 Å². The normalized spacial score (nSPS) is 10.7. The Morgan fingerprint density at radius 3 is 2.85 bits per heavy atom. The van der Waals surface area contributed by atoms with Crippen molar-refractivity contribution in [2.24, 2.45) is 0 Å². The number of aryl methyl sites for hydroxylation is 1. The van der Waals surface area contributed by atoms with Crippen LogP contribution in [0, 0.1) is 6.92 Å². The lowest BCUT2D eigenvalue weighted by molar-refractivity contribution is 1.30. The van der Waals surface area contributed by atoms with Crippen LogP contribution in [-0.2, 0) is 0 Å². The molecule has 3 heteroatoms. The third kappa shape index (κ3) is 3.29. The van der Waals surface area contributed by atoms with E-state index in [0.29, 0.717) is 0 Å². The Labute approximate surface area is 88.4 Å². The molecule has 0 amide bonds. The lowest BCUT2D eigenvalue weighted by Crippen LogP contribution is -1.99. The number of halogens is 2. The van der Waals surface area contributed by atoms with Crippen LogP contribution in [0.15, 0.2) is 29.8 Å². The molecule has 0 aliphatic carbocycles. The molecule has 13 heavy (non-hydrogen) atoms. The molecule has 0 atom stereocenters. The first-order valence-corrected chi connectivity index (χ1v) is 4.80. The maximum atomic E-state index is 5.82. The van der Waals surface area contributed by atoms with Gasteiger partial charge in [-0.2, -0.15) is 0 Å². The molecule has 0 aliphatic heterocycles. The standard InChI is InChI=1S/C10H11Cl2N/c1-8-7-9(12)3-4-10(8)13-6-2-5-11/h2-5,7,13H,6H2,1H3/b5-2+. The maximum Gasteiger partial charge on any atom is 0.0410 e. The summed E-state index contributed by atoms with van der Waals surface area (Å²) in [7, 11) is 0. The van der Waals surface area contributed by atoms with E-state index in [1.54, 1.807) is 0 Å². The molecule has 0 aliphatic rings. The fraction of sp³-hybridized carbons (Fsp3) is 0.200. The van der Waals surface area contributed by atoms with Crippen LogP contribution in [0.4, 0.5) is 5.69 Å². The molecule has 0 spiro atoms. The van der Waals surface area contributed by atoms with Crippen LogP contribution in [0.3, 0.4) is 0 Å². The third-order valence-corrected chi connectivity index (χ3v) is 2.10. The smallest absolute Gasteiger partial charge is 0.0410 e. The van der Waals surface area contributed by atoms with Gasteiger partial charge in [-0.05, 0) is 30.7 Å². The van der Waals surface area contributed by atoms with Gasteiger partial charge >= 0.3 is 0 Å². The summed E-state index contributed by atoms with van der Waals surface area (Å²) in [6, 6.07) is 5.75. The predicted molar refractivity (Wildman–Crippen MR) is 59.7 cm³/mol. The van der Waals surface area contributed by atoms with Gasteiger partial charge in [0, 0.05) is 22.8 Å². The molecule has 1 aromatic carbocycles. The van der Waals surface area contributed by atoms with E-state index in [-0.39, 0.29) is 0 Å². The quantitative estimate of drug-likeness (QED) is 0.809. The van der Waals surface area contributed by atoms with E-state index in [4.69, 9.17) is 23.2 Å². The highest BCUT2D eigenvalue weighted by molar-refractivity contribution is 6.30. The summed E-state index contributed by atoms with van der Waals surface area (Å²) in [6.45, 7) is 2.74. The minimum absolute atomic E-state index is 0.728. The molecular formula is C10H11Cl2N. The van der Waals surface area contributed by atoms with Gasteiger partial charge in [0.15, 0.2) is 0 Å². The molecule has 0 unspecified atom stereocenters.